The maximum atomic E-state index is 12.9. The Bertz CT molecular complexity index is 1090. The van der Waals surface area contributed by atoms with E-state index in [-0.39, 0.29) is 22.7 Å². The fraction of sp³-hybridized carbons (Fsp3) is 0.444. The smallest absolute Gasteiger partial charge is 0.278 e. The zero-order valence-electron chi connectivity index (χ0n) is 15.8. The van der Waals surface area contributed by atoms with Crippen LogP contribution in [0.3, 0.4) is 0 Å². The topological polar surface area (TPSA) is 74.7 Å². The fourth-order valence-corrected chi connectivity index (χ4v) is 3.26. The Hall–Kier alpha value is -2.35. The predicted octanol–water partition coefficient (Wildman–Crippen LogP) is 2.80. The van der Waals surface area contributed by atoms with Gasteiger partial charge in [-0.2, -0.15) is 0 Å². The summed E-state index contributed by atoms with van der Waals surface area (Å²) in [7, 11) is 0. The number of hydrogen-bond acceptors (Lipinski definition) is 5. The lowest BCUT2D eigenvalue weighted by molar-refractivity contribution is 0.381. The summed E-state index contributed by atoms with van der Waals surface area (Å²) in [5, 5.41) is 1.06. The van der Waals surface area contributed by atoms with E-state index in [0.29, 0.717) is 21.9 Å². The molecule has 0 N–H and O–H groups in total. The van der Waals surface area contributed by atoms with Crippen molar-refractivity contribution in [1.29, 1.82) is 0 Å². The molecule has 3 aromatic rings. The highest BCUT2D eigenvalue weighted by atomic mass is 32.2. The van der Waals surface area contributed by atoms with E-state index in [4.69, 9.17) is 0 Å². The third kappa shape index (κ3) is 2.98. The molecule has 3 rings (SSSR count). The summed E-state index contributed by atoms with van der Waals surface area (Å²) in [5.74, 6) is 0. The van der Waals surface area contributed by atoms with Crippen molar-refractivity contribution in [3.05, 3.63) is 45.2 Å². The molecule has 0 saturated carbocycles. The van der Waals surface area contributed by atoms with Crippen molar-refractivity contribution in [2.75, 3.05) is 6.26 Å². The number of hydrogen-bond donors (Lipinski definition) is 0. The lowest BCUT2D eigenvalue weighted by atomic mass is 10.1. The second-order valence-electron chi connectivity index (χ2n) is 7.42. The van der Waals surface area contributed by atoms with E-state index in [1.54, 1.807) is 32.4 Å². The summed E-state index contributed by atoms with van der Waals surface area (Å²) < 4.78 is 5.10. The summed E-state index contributed by atoms with van der Waals surface area (Å²) in [6.45, 7) is 9.79. The molecule has 0 aliphatic carbocycles. The number of rotatable bonds is 3. The van der Waals surface area contributed by atoms with Crippen LogP contribution >= 0.6 is 11.8 Å². The molecule has 138 valence electrons. The van der Waals surface area contributed by atoms with Crippen molar-refractivity contribution in [2.45, 2.75) is 51.4 Å². The van der Waals surface area contributed by atoms with Crippen molar-refractivity contribution < 1.29 is 0 Å². The van der Waals surface area contributed by atoms with Gasteiger partial charge in [-0.1, -0.05) is 11.8 Å². The van der Waals surface area contributed by atoms with Gasteiger partial charge in [-0.15, -0.1) is 0 Å². The highest BCUT2D eigenvalue weighted by Gasteiger charge is 2.21. The third-order valence-corrected chi connectivity index (χ3v) is 4.70. The molecule has 0 aromatic carbocycles. The van der Waals surface area contributed by atoms with Crippen LogP contribution < -0.4 is 11.1 Å². The molecule has 0 fully saturated rings. The minimum Gasteiger partial charge on any atom is -0.308 e. The maximum absolute atomic E-state index is 12.9. The number of nitrogens with zero attached hydrogens (tertiary/aromatic N) is 5. The normalized spacial score (nSPS) is 12.3. The third-order valence-electron chi connectivity index (χ3n) is 4.14. The summed E-state index contributed by atoms with van der Waals surface area (Å²) in [4.78, 5) is 34.0. The zero-order chi connectivity index (χ0) is 19.2. The van der Waals surface area contributed by atoms with Gasteiger partial charge in [-0.3, -0.25) is 9.59 Å². The van der Waals surface area contributed by atoms with Crippen LogP contribution in [0.4, 0.5) is 0 Å². The molecule has 7 nitrogen and oxygen atoms in total. The Morgan fingerprint density at radius 2 is 1.85 bits per heavy atom. The highest BCUT2D eigenvalue weighted by molar-refractivity contribution is 7.98. The molecule has 26 heavy (non-hydrogen) atoms. The summed E-state index contributed by atoms with van der Waals surface area (Å²) in [5.41, 5.74) is 0.651. The molecule has 0 aliphatic rings. The largest absolute Gasteiger partial charge is 0.308 e. The standard InChI is InChI=1S/C18H23N5O2S/c1-11(2)22-16(25)13-9-19-17(26-6)20-15(13)23(22)12-7-8-14(24)21(10-12)18(3,4)5/h7-11H,1-6H3. The van der Waals surface area contributed by atoms with E-state index in [1.807, 2.05) is 40.9 Å². The van der Waals surface area contributed by atoms with E-state index in [0.717, 1.165) is 0 Å². The molecule has 0 atom stereocenters. The van der Waals surface area contributed by atoms with Crippen LogP contribution in [0, 0.1) is 0 Å². The van der Waals surface area contributed by atoms with Gasteiger partial charge < -0.3 is 4.57 Å². The maximum Gasteiger partial charge on any atom is 0.278 e. The monoisotopic (exact) mass is 373 g/mol. The molecule has 3 heterocycles. The molecular weight excluding hydrogens is 350 g/mol. The van der Waals surface area contributed by atoms with Gasteiger partial charge in [0.05, 0.1) is 5.69 Å². The lowest BCUT2D eigenvalue weighted by Crippen LogP contribution is -2.34. The van der Waals surface area contributed by atoms with Gasteiger partial charge in [-0.25, -0.2) is 19.3 Å². The number of thioether (sulfide) groups is 1. The van der Waals surface area contributed by atoms with Crippen molar-refractivity contribution in [2.24, 2.45) is 0 Å². The predicted molar refractivity (Wildman–Crippen MR) is 105 cm³/mol. The first-order chi connectivity index (χ1) is 12.1. The van der Waals surface area contributed by atoms with E-state index in [1.165, 1.54) is 17.8 Å². The van der Waals surface area contributed by atoms with Gasteiger partial charge in [0.25, 0.3) is 11.1 Å². The van der Waals surface area contributed by atoms with Gasteiger partial charge in [0.1, 0.15) is 5.39 Å². The minimum absolute atomic E-state index is 0.0792. The van der Waals surface area contributed by atoms with E-state index < -0.39 is 0 Å². The number of aromatic nitrogens is 5. The van der Waals surface area contributed by atoms with Crippen LogP contribution in [0.1, 0.15) is 40.7 Å². The Labute approximate surface area is 155 Å². The second kappa shape index (κ2) is 6.42. The quantitative estimate of drug-likeness (QED) is 0.521. The van der Waals surface area contributed by atoms with Gasteiger partial charge in [0.2, 0.25) is 0 Å². The second-order valence-corrected chi connectivity index (χ2v) is 8.19. The summed E-state index contributed by atoms with van der Waals surface area (Å²) >= 11 is 1.42. The van der Waals surface area contributed by atoms with Crippen LogP contribution in [-0.4, -0.2) is 30.2 Å². The Morgan fingerprint density at radius 3 is 2.42 bits per heavy atom. The molecule has 0 amide bonds. The SMILES string of the molecule is CSc1ncc2c(=O)n(C(C)C)n(-c3ccc(=O)n(C(C)(C)C)c3)c2n1. The average molecular weight is 373 g/mol. The Morgan fingerprint density at radius 1 is 1.15 bits per heavy atom. The first kappa shape index (κ1) is 18.4. The van der Waals surface area contributed by atoms with Crippen LogP contribution in [0.15, 0.2) is 39.3 Å². The van der Waals surface area contributed by atoms with Gasteiger partial charge >= 0.3 is 0 Å². The van der Waals surface area contributed by atoms with Gasteiger partial charge in [0.15, 0.2) is 10.8 Å². The number of fused-ring (bicyclic) bond motifs is 1. The molecule has 0 bridgehead atoms. The average Bonchev–Trinajstić information content (AvgIpc) is 2.86. The van der Waals surface area contributed by atoms with Gasteiger partial charge in [-0.05, 0) is 46.9 Å². The molecule has 3 aromatic heterocycles. The van der Waals surface area contributed by atoms with Crippen LogP contribution in [-0.2, 0) is 5.54 Å². The molecule has 0 saturated heterocycles. The first-order valence-corrected chi connectivity index (χ1v) is 9.65. The van der Waals surface area contributed by atoms with Crippen LogP contribution in [0.25, 0.3) is 16.7 Å². The molecule has 0 radical (unpaired) electrons. The van der Waals surface area contributed by atoms with E-state index in [2.05, 4.69) is 9.97 Å². The molecule has 8 heteroatoms. The fourth-order valence-electron chi connectivity index (χ4n) is 2.92. The summed E-state index contributed by atoms with van der Waals surface area (Å²) in [6.07, 6.45) is 5.25. The van der Waals surface area contributed by atoms with Crippen molar-refractivity contribution >= 4 is 22.8 Å². The van der Waals surface area contributed by atoms with Crippen molar-refractivity contribution in [3.63, 3.8) is 0 Å². The molecule has 0 aliphatic heterocycles. The molecule has 0 spiro atoms. The molecule has 0 unspecified atom stereocenters. The van der Waals surface area contributed by atoms with Crippen LogP contribution in [0.5, 0.6) is 0 Å². The Kier molecular flexibility index (Phi) is 4.56. The van der Waals surface area contributed by atoms with E-state index in [9.17, 15) is 9.59 Å². The van der Waals surface area contributed by atoms with Crippen molar-refractivity contribution in [1.82, 2.24) is 23.9 Å². The number of pyridine rings is 1. The van der Waals surface area contributed by atoms with Gasteiger partial charge in [0, 0.05) is 30.0 Å². The molecular formula is C18H23N5O2S. The van der Waals surface area contributed by atoms with E-state index >= 15 is 0 Å². The lowest BCUT2D eigenvalue weighted by Gasteiger charge is -2.24. The highest BCUT2D eigenvalue weighted by Crippen LogP contribution is 2.21. The van der Waals surface area contributed by atoms with Crippen LogP contribution in [0.2, 0.25) is 0 Å². The van der Waals surface area contributed by atoms with Crippen molar-refractivity contribution in [3.8, 4) is 5.69 Å². The Balaban J connectivity index is 2.43. The first-order valence-electron chi connectivity index (χ1n) is 8.43. The summed E-state index contributed by atoms with van der Waals surface area (Å²) in [6, 6.07) is 3.17. The zero-order valence-corrected chi connectivity index (χ0v) is 16.7. The minimum atomic E-state index is -0.377.